The summed E-state index contributed by atoms with van der Waals surface area (Å²) in [6.45, 7) is 0.321. The maximum atomic E-state index is 11.4. The van der Waals surface area contributed by atoms with Crippen molar-refractivity contribution < 1.29 is 14.3 Å². The number of hydrogen-bond donors (Lipinski definition) is 1. The fourth-order valence-corrected chi connectivity index (χ4v) is 2.81. The van der Waals surface area contributed by atoms with Crippen LogP contribution in [0.15, 0.2) is 0 Å². The normalized spacial score (nSPS) is 22.2. The maximum Gasteiger partial charge on any atom is 0.404 e. The molecule has 0 spiro atoms. The molecule has 1 aliphatic rings. The average molecular weight is 262 g/mol. The fraction of sp³-hybridized carbons (Fsp3) is 0.833. The summed E-state index contributed by atoms with van der Waals surface area (Å²) in [6, 6.07) is 0. The maximum absolute atomic E-state index is 11.4. The number of amides is 1. The molecule has 4 nitrogen and oxygen atoms in total. The van der Waals surface area contributed by atoms with Gasteiger partial charge in [0.25, 0.3) is 0 Å². The molecule has 1 rings (SSSR count). The summed E-state index contributed by atoms with van der Waals surface area (Å²) in [7, 11) is 0. The number of hydrogen-bond acceptors (Lipinski definition) is 3. The van der Waals surface area contributed by atoms with E-state index < -0.39 is 6.09 Å². The van der Waals surface area contributed by atoms with Gasteiger partial charge in [-0.25, -0.2) is 4.79 Å². The van der Waals surface area contributed by atoms with E-state index in [1.807, 2.05) is 0 Å². The minimum atomic E-state index is -0.741. The number of halogens is 1. The van der Waals surface area contributed by atoms with Crippen LogP contribution in [0.1, 0.15) is 38.5 Å². The van der Waals surface area contributed by atoms with Crippen LogP contribution in [0.5, 0.6) is 0 Å². The van der Waals surface area contributed by atoms with Crippen molar-refractivity contribution >= 4 is 23.5 Å². The average Bonchev–Trinajstić information content (AvgIpc) is 2.27. The van der Waals surface area contributed by atoms with Gasteiger partial charge in [0, 0.05) is 18.7 Å². The fourth-order valence-electron chi connectivity index (χ4n) is 2.53. The van der Waals surface area contributed by atoms with Gasteiger partial charge >= 0.3 is 6.09 Å². The number of Topliss-reactive ketones (excluding diaryl/α,β-unsaturated/α-hetero) is 1. The quantitative estimate of drug-likeness (QED) is 0.747. The van der Waals surface area contributed by atoms with E-state index in [-0.39, 0.29) is 0 Å². The lowest BCUT2D eigenvalue weighted by Gasteiger charge is -2.29. The van der Waals surface area contributed by atoms with Crippen molar-refractivity contribution in [3.8, 4) is 0 Å². The molecule has 0 bridgehead atoms. The van der Waals surface area contributed by atoms with Gasteiger partial charge in [-0.05, 0) is 37.5 Å². The van der Waals surface area contributed by atoms with Crippen molar-refractivity contribution in [1.29, 1.82) is 0 Å². The van der Waals surface area contributed by atoms with Gasteiger partial charge in [0.2, 0.25) is 0 Å². The molecule has 1 saturated carbocycles. The Kier molecular flexibility index (Phi) is 6.34. The van der Waals surface area contributed by atoms with Crippen LogP contribution in [0, 0.1) is 11.8 Å². The highest BCUT2D eigenvalue weighted by atomic mass is 35.5. The van der Waals surface area contributed by atoms with E-state index in [2.05, 4.69) is 0 Å². The Balaban J connectivity index is 2.40. The molecule has 2 unspecified atom stereocenters. The van der Waals surface area contributed by atoms with E-state index in [0.717, 1.165) is 25.7 Å². The van der Waals surface area contributed by atoms with Crippen molar-refractivity contribution in [3.05, 3.63) is 0 Å². The van der Waals surface area contributed by atoms with Gasteiger partial charge < -0.3 is 10.5 Å². The van der Waals surface area contributed by atoms with Gasteiger partial charge in [0.15, 0.2) is 0 Å². The number of rotatable bonds is 6. The van der Waals surface area contributed by atoms with Crippen LogP contribution < -0.4 is 5.73 Å². The molecule has 1 aliphatic carbocycles. The van der Waals surface area contributed by atoms with Gasteiger partial charge in [-0.1, -0.05) is 0 Å². The SMILES string of the molecule is NC(=O)OCCC(CCCl)C1CCCC(=O)C1. The number of nitrogens with two attached hydrogens (primary N) is 1. The van der Waals surface area contributed by atoms with Crippen LogP contribution in [0.4, 0.5) is 4.79 Å². The van der Waals surface area contributed by atoms with Crippen LogP contribution in [0.3, 0.4) is 0 Å². The van der Waals surface area contributed by atoms with E-state index in [4.69, 9.17) is 22.1 Å². The number of alkyl halides is 1. The zero-order chi connectivity index (χ0) is 12.7. The largest absolute Gasteiger partial charge is 0.450 e. The Bertz CT molecular complexity index is 270. The Labute approximate surface area is 107 Å². The Hall–Kier alpha value is -0.770. The Morgan fingerprint density at radius 2 is 2.29 bits per heavy atom. The predicted octanol–water partition coefficient (Wildman–Crippen LogP) is 2.48. The molecule has 0 aromatic rings. The van der Waals surface area contributed by atoms with Gasteiger partial charge in [-0.15, -0.1) is 11.6 Å². The second kappa shape index (κ2) is 7.54. The second-order valence-electron chi connectivity index (χ2n) is 4.59. The third-order valence-electron chi connectivity index (χ3n) is 3.40. The lowest BCUT2D eigenvalue weighted by atomic mass is 9.77. The van der Waals surface area contributed by atoms with Crippen molar-refractivity contribution in [1.82, 2.24) is 0 Å². The van der Waals surface area contributed by atoms with Crippen molar-refractivity contribution in [2.24, 2.45) is 17.6 Å². The highest BCUT2D eigenvalue weighted by molar-refractivity contribution is 6.17. The van der Waals surface area contributed by atoms with Crippen LogP contribution >= 0.6 is 11.6 Å². The van der Waals surface area contributed by atoms with E-state index >= 15 is 0 Å². The molecule has 17 heavy (non-hydrogen) atoms. The second-order valence-corrected chi connectivity index (χ2v) is 4.97. The summed E-state index contributed by atoms with van der Waals surface area (Å²) in [5, 5.41) is 0. The van der Waals surface area contributed by atoms with Crippen LogP contribution in [0.2, 0.25) is 0 Å². The molecule has 0 aromatic carbocycles. The zero-order valence-corrected chi connectivity index (χ0v) is 10.7. The summed E-state index contributed by atoms with van der Waals surface area (Å²) < 4.78 is 4.75. The standard InChI is InChI=1S/C12H20ClNO3/c13-6-4-9(5-7-17-12(14)16)10-2-1-3-11(15)8-10/h9-10H,1-8H2,(H2,14,16). The molecule has 0 aliphatic heterocycles. The number of ketones is 1. The molecule has 5 heteroatoms. The number of primary amides is 1. The smallest absolute Gasteiger partial charge is 0.404 e. The highest BCUT2D eigenvalue weighted by Gasteiger charge is 2.26. The summed E-state index contributed by atoms with van der Waals surface area (Å²) >= 11 is 5.78. The van der Waals surface area contributed by atoms with E-state index in [1.54, 1.807) is 0 Å². The zero-order valence-electron chi connectivity index (χ0n) is 9.99. The molecular formula is C12H20ClNO3. The Morgan fingerprint density at radius 1 is 1.53 bits per heavy atom. The molecule has 98 valence electrons. The monoisotopic (exact) mass is 261 g/mol. The summed E-state index contributed by atoms with van der Waals surface area (Å²) in [6.07, 6.45) is 4.27. The third-order valence-corrected chi connectivity index (χ3v) is 3.62. The molecular weight excluding hydrogens is 242 g/mol. The first-order valence-corrected chi connectivity index (χ1v) is 6.66. The topological polar surface area (TPSA) is 69.4 Å². The summed E-state index contributed by atoms with van der Waals surface area (Å²) in [5.41, 5.74) is 4.91. The molecule has 2 N–H and O–H groups in total. The first-order chi connectivity index (χ1) is 8.13. The number of carbonyl (C=O) groups excluding carboxylic acids is 2. The third kappa shape index (κ3) is 5.39. The molecule has 2 atom stereocenters. The van der Waals surface area contributed by atoms with Gasteiger partial charge in [-0.3, -0.25) is 4.79 Å². The first-order valence-electron chi connectivity index (χ1n) is 6.13. The lowest BCUT2D eigenvalue weighted by Crippen LogP contribution is -2.25. The van der Waals surface area contributed by atoms with E-state index in [0.29, 0.717) is 42.9 Å². The minimum absolute atomic E-state index is 0.321. The number of carbonyl (C=O) groups is 2. The molecule has 0 heterocycles. The molecule has 0 saturated heterocycles. The van der Waals surface area contributed by atoms with Gasteiger partial charge in [0.05, 0.1) is 6.61 Å². The van der Waals surface area contributed by atoms with Gasteiger partial charge in [-0.2, -0.15) is 0 Å². The summed E-state index contributed by atoms with van der Waals surface area (Å²) in [4.78, 5) is 21.9. The first kappa shape index (κ1) is 14.3. The molecule has 1 fully saturated rings. The Morgan fingerprint density at radius 3 is 2.88 bits per heavy atom. The van der Waals surface area contributed by atoms with Crippen molar-refractivity contribution in [2.75, 3.05) is 12.5 Å². The lowest BCUT2D eigenvalue weighted by molar-refractivity contribution is -0.122. The van der Waals surface area contributed by atoms with Gasteiger partial charge in [0.1, 0.15) is 5.78 Å². The van der Waals surface area contributed by atoms with Crippen LogP contribution in [-0.4, -0.2) is 24.4 Å². The summed E-state index contributed by atoms with van der Waals surface area (Å²) in [5.74, 6) is 1.67. The van der Waals surface area contributed by atoms with Crippen molar-refractivity contribution in [2.45, 2.75) is 38.5 Å². The van der Waals surface area contributed by atoms with Crippen LogP contribution in [-0.2, 0) is 9.53 Å². The highest BCUT2D eigenvalue weighted by Crippen LogP contribution is 2.32. The van der Waals surface area contributed by atoms with E-state index in [9.17, 15) is 9.59 Å². The number of ether oxygens (including phenoxy) is 1. The van der Waals surface area contributed by atoms with Crippen LogP contribution in [0.25, 0.3) is 0 Å². The molecule has 0 radical (unpaired) electrons. The molecule has 1 amide bonds. The molecule has 0 aromatic heterocycles. The van der Waals surface area contributed by atoms with E-state index in [1.165, 1.54) is 0 Å². The van der Waals surface area contributed by atoms with Crippen molar-refractivity contribution in [3.63, 3.8) is 0 Å². The minimum Gasteiger partial charge on any atom is -0.450 e. The predicted molar refractivity (Wildman–Crippen MR) is 65.9 cm³/mol.